The maximum Gasteiger partial charge on any atom is 0.324 e. The van der Waals surface area contributed by atoms with Gasteiger partial charge in [0.15, 0.2) is 0 Å². The predicted molar refractivity (Wildman–Crippen MR) is 113 cm³/mol. The van der Waals surface area contributed by atoms with Crippen LogP contribution in [0.1, 0.15) is 6.92 Å². The average molecular weight is 388 g/mol. The van der Waals surface area contributed by atoms with Gasteiger partial charge in [0, 0.05) is 29.7 Å². The molecule has 7 heteroatoms. The van der Waals surface area contributed by atoms with Crippen molar-refractivity contribution in [1.82, 2.24) is 0 Å². The topological polar surface area (TPSA) is 110 Å². The predicted octanol–water partition coefficient (Wildman–Crippen LogP) is 3.10. The molecule has 0 aliphatic heterocycles. The Morgan fingerprint density at radius 2 is 1.07 bits per heavy atom. The van der Waals surface area contributed by atoms with Crippen LogP contribution < -0.4 is 21.3 Å². The highest BCUT2D eigenvalue weighted by atomic mass is 16.2. The number of carbonyl (C=O) groups excluding carboxylic acids is 3. The van der Waals surface area contributed by atoms with Crippen molar-refractivity contribution >= 4 is 46.2 Å². The summed E-state index contributed by atoms with van der Waals surface area (Å²) in [5.41, 5.74) is 13.6. The molecule has 0 aliphatic carbocycles. The summed E-state index contributed by atoms with van der Waals surface area (Å²) in [5, 5.41) is 0. The molecule has 7 nitrogen and oxygen atoms in total. The molecule has 4 N–H and O–H groups in total. The Balaban J connectivity index is 2.04. The SMILES string of the molecule is CC(=O)N(C(=O)C(=O)N(c1ccccc1)c1ccc(N)cc1)c1ccc(N)cc1. The van der Waals surface area contributed by atoms with Crippen LogP contribution in [0.15, 0.2) is 78.9 Å². The summed E-state index contributed by atoms with van der Waals surface area (Å²) in [5.74, 6) is -2.45. The van der Waals surface area contributed by atoms with E-state index in [4.69, 9.17) is 11.5 Å². The molecule has 0 saturated heterocycles. The second-order valence-corrected chi connectivity index (χ2v) is 6.32. The minimum atomic E-state index is -0.983. The van der Waals surface area contributed by atoms with Crippen LogP contribution in [0, 0.1) is 0 Å². The Labute approximate surface area is 168 Å². The lowest BCUT2D eigenvalue weighted by molar-refractivity contribution is -0.137. The summed E-state index contributed by atoms with van der Waals surface area (Å²) in [6.07, 6.45) is 0. The number of hydrogen-bond acceptors (Lipinski definition) is 5. The van der Waals surface area contributed by atoms with Crippen molar-refractivity contribution in [3.63, 3.8) is 0 Å². The Hall–Kier alpha value is -4.13. The third kappa shape index (κ3) is 4.24. The van der Waals surface area contributed by atoms with E-state index >= 15 is 0 Å². The summed E-state index contributed by atoms with van der Waals surface area (Å²) in [6, 6.07) is 21.4. The van der Waals surface area contributed by atoms with Gasteiger partial charge in [-0.2, -0.15) is 0 Å². The van der Waals surface area contributed by atoms with Gasteiger partial charge in [-0.25, -0.2) is 4.90 Å². The number of hydrogen-bond donors (Lipinski definition) is 2. The lowest BCUT2D eigenvalue weighted by Gasteiger charge is -2.26. The molecular formula is C22H20N4O3. The lowest BCUT2D eigenvalue weighted by atomic mass is 10.2. The molecule has 0 saturated carbocycles. The van der Waals surface area contributed by atoms with E-state index in [1.54, 1.807) is 66.7 Å². The van der Waals surface area contributed by atoms with Crippen LogP contribution >= 0.6 is 0 Å². The molecule has 0 fully saturated rings. The largest absolute Gasteiger partial charge is 0.399 e. The smallest absolute Gasteiger partial charge is 0.324 e. The molecule has 3 aromatic rings. The zero-order chi connectivity index (χ0) is 21.0. The standard InChI is InChI=1S/C22H20N4O3/c1-15(27)25(19-11-7-16(23)8-12-19)21(28)22(29)26(18-5-3-2-4-6-18)20-13-9-17(24)10-14-20/h2-14H,23-24H2,1H3. The maximum atomic E-state index is 13.2. The van der Waals surface area contributed by atoms with Crippen LogP contribution in [0.5, 0.6) is 0 Å². The molecule has 0 aliphatic rings. The lowest BCUT2D eigenvalue weighted by Crippen LogP contribution is -2.46. The zero-order valence-electron chi connectivity index (χ0n) is 15.8. The van der Waals surface area contributed by atoms with Crippen molar-refractivity contribution in [1.29, 1.82) is 0 Å². The molecule has 0 radical (unpaired) electrons. The molecule has 3 aromatic carbocycles. The Morgan fingerprint density at radius 1 is 0.621 bits per heavy atom. The average Bonchev–Trinajstić information content (AvgIpc) is 2.71. The molecule has 0 bridgehead atoms. The summed E-state index contributed by atoms with van der Waals surface area (Å²) in [7, 11) is 0. The van der Waals surface area contributed by atoms with Crippen LogP contribution in [-0.2, 0) is 14.4 Å². The quantitative estimate of drug-likeness (QED) is 0.529. The van der Waals surface area contributed by atoms with Crippen molar-refractivity contribution in [2.24, 2.45) is 0 Å². The second kappa shape index (κ2) is 8.26. The van der Waals surface area contributed by atoms with Gasteiger partial charge in [-0.1, -0.05) is 18.2 Å². The van der Waals surface area contributed by atoms with Crippen molar-refractivity contribution < 1.29 is 14.4 Å². The molecule has 0 atom stereocenters. The van der Waals surface area contributed by atoms with Gasteiger partial charge in [0.05, 0.1) is 5.69 Å². The highest BCUT2D eigenvalue weighted by Crippen LogP contribution is 2.27. The van der Waals surface area contributed by atoms with E-state index in [9.17, 15) is 14.4 Å². The molecule has 0 heterocycles. The molecule has 146 valence electrons. The first kappa shape index (κ1) is 19.6. The third-order valence-corrected chi connectivity index (χ3v) is 4.22. The summed E-state index contributed by atoms with van der Waals surface area (Å²) < 4.78 is 0. The number of anilines is 5. The van der Waals surface area contributed by atoms with E-state index in [1.807, 2.05) is 0 Å². The van der Waals surface area contributed by atoms with E-state index in [1.165, 1.54) is 24.0 Å². The Bertz CT molecular complexity index is 1030. The molecule has 3 rings (SSSR count). The number of nitrogen functional groups attached to an aromatic ring is 2. The first-order chi connectivity index (χ1) is 13.9. The molecule has 0 aromatic heterocycles. The molecule has 0 unspecified atom stereocenters. The first-order valence-corrected chi connectivity index (χ1v) is 8.83. The zero-order valence-corrected chi connectivity index (χ0v) is 15.8. The van der Waals surface area contributed by atoms with Gasteiger partial charge in [-0.15, -0.1) is 0 Å². The third-order valence-electron chi connectivity index (χ3n) is 4.22. The van der Waals surface area contributed by atoms with Crippen molar-refractivity contribution in [3.8, 4) is 0 Å². The van der Waals surface area contributed by atoms with Crippen molar-refractivity contribution in [3.05, 3.63) is 78.9 Å². The van der Waals surface area contributed by atoms with E-state index in [0.29, 0.717) is 22.7 Å². The van der Waals surface area contributed by atoms with Gasteiger partial charge >= 0.3 is 11.8 Å². The van der Waals surface area contributed by atoms with Gasteiger partial charge < -0.3 is 11.5 Å². The van der Waals surface area contributed by atoms with E-state index in [2.05, 4.69) is 0 Å². The second-order valence-electron chi connectivity index (χ2n) is 6.32. The minimum absolute atomic E-state index is 0.260. The van der Waals surface area contributed by atoms with Crippen LogP contribution in [0.2, 0.25) is 0 Å². The van der Waals surface area contributed by atoms with Gasteiger partial charge in [0.2, 0.25) is 5.91 Å². The maximum absolute atomic E-state index is 13.2. The normalized spacial score (nSPS) is 10.2. The van der Waals surface area contributed by atoms with Gasteiger partial charge in [-0.3, -0.25) is 19.3 Å². The van der Waals surface area contributed by atoms with Crippen LogP contribution in [-0.4, -0.2) is 17.7 Å². The molecule has 0 spiro atoms. The van der Waals surface area contributed by atoms with E-state index in [-0.39, 0.29) is 5.69 Å². The summed E-state index contributed by atoms with van der Waals surface area (Å²) in [6.45, 7) is 1.22. The highest BCUT2D eigenvalue weighted by molar-refractivity contribution is 6.50. The van der Waals surface area contributed by atoms with Crippen molar-refractivity contribution in [2.75, 3.05) is 21.3 Å². The number of benzene rings is 3. The van der Waals surface area contributed by atoms with Crippen LogP contribution in [0.25, 0.3) is 0 Å². The van der Waals surface area contributed by atoms with Gasteiger partial charge in [0.1, 0.15) is 0 Å². The number of para-hydroxylation sites is 1. The molecule has 29 heavy (non-hydrogen) atoms. The number of nitrogens with two attached hydrogens (primary N) is 2. The monoisotopic (exact) mass is 388 g/mol. The van der Waals surface area contributed by atoms with Gasteiger partial charge in [0.25, 0.3) is 0 Å². The summed E-state index contributed by atoms with van der Waals surface area (Å²) >= 11 is 0. The fourth-order valence-electron chi connectivity index (χ4n) is 2.84. The minimum Gasteiger partial charge on any atom is -0.399 e. The number of imide groups is 1. The number of amides is 3. The Kier molecular flexibility index (Phi) is 5.59. The van der Waals surface area contributed by atoms with Gasteiger partial charge in [-0.05, 0) is 60.7 Å². The van der Waals surface area contributed by atoms with E-state index < -0.39 is 17.7 Å². The fourth-order valence-corrected chi connectivity index (χ4v) is 2.84. The molecular weight excluding hydrogens is 368 g/mol. The van der Waals surface area contributed by atoms with Crippen LogP contribution in [0.3, 0.4) is 0 Å². The first-order valence-electron chi connectivity index (χ1n) is 8.83. The van der Waals surface area contributed by atoms with Crippen LogP contribution in [0.4, 0.5) is 28.4 Å². The fraction of sp³-hybridized carbons (Fsp3) is 0.0455. The Morgan fingerprint density at radius 3 is 1.55 bits per heavy atom. The summed E-state index contributed by atoms with van der Waals surface area (Å²) in [4.78, 5) is 40.6. The van der Waals surface area contributed by atoms with E-state index in [0.717, 1.165) is 4.90 Å². The number of rotatable bonds is 3. The molecule has 3 amide bonds. The number of carbonyl (C=O) groups is 3. The number of nitrogens with zero attached hydrogens (tertiary/aromatic N) is 2. The van der Waals surface area contributed by atoms with Crippen molar-refractivity contribution in [2.45, 2.75) is 6.92 Å². The highest BCUT2D eigenvalue weighted by Gasteiger charge is 2.32.